The van der Waals surface area contributed by atoms with Crippen LogP contribution < -0.4 is 5.56 Å². The molecular formula is C25H20BrN3O2S. The lowest BCUT2D eigenvalue weighted by Gasteiger charge is -2.29. The standard InChI is InChI=1S/C25H20BrN3O2S/c26-20-9-10-22-21(13-20)24(31)29(25(32)27-22)14-16-5-7-18(8-6-16)23(30)28-12-11-17-3-1-2-4-19(17)15-28/h1-10,13H,11-12,14-15H2,(H,27,32). The summed E-state index contributed by atoms with van der Waals surface area (Å²) in [5.41, 5.74) is 4.65. The Bertz CT molecular complexity index is 1460. The Kier molecular flexibility index (Phi) is 5.53. The third kappa shape index (κ3) is 3.94. The highest BCUT2D eigenvalue weighted by molar-refractivity contribution is 9.10. The van der Waals surface area contributed by atoms with Gasteiger partial charge in [-0.2, -0.15) is 0 Å². The molecule has 32 heavy (non-hydrogen) atoms. The Morgan fingerprint density at radius 2 is 1.78 bits per heavy atom. The topological polar surface area (TPSA) is 58.1 Å². The van der Waals surface area contributed by atoms with Crippen LogP contribution in [0, 0.1) is 4.77 Å². The number of carbonyl (C=O) groups is 1. The molecule has 0 saturated heterocycles. The van der Waals surface area contributed by atoms with Crippen molar-refractivity contribution >= 4 is 45.0 Å². The van der Waals surface area contributed by atoms with Crippen LogP contribution in [0.5, 0.6) is 0 Å². The highest BCUT2D eigenvalue weighted by atomic mass is 79.9. The van der Waals surface area contributed by atoms with Gasteiger partial charge in [-0.25, -0.2) is 0 Å². The fourth-order valence-electron chi connectivity index (χ4n) is 4.15. The van der Waals surface area contributed by atoms with Crippen LogP contribution >= 0.6 is 28.1 Å². The summed E-state index contributed by atoms with van der Waals surface area (Å²) in [6.07, 6.45) is 0.874. The Labute approximate surface area is 198 Å². The summed E-state index contributed by atoms with van der Waals surface area (Å²) < 4.78 is 2.75. The van der Waals surface area contributed by atoms with Crippen LogP contribution in [0.1, 0.15) is 27.0 Å². The van der Waals surface area contributed by atoms with E-state index in [1.807, 2.05) is 53.4 Å². The number of fused-ring (bicyclic) bond motifs is 2. The molecule has 0 fully saturated rings. The van der Waals surface area contributed by atoms with Gasteiger partial charge in [0.1, 0.15) is 0 Å². The van der Waals surface area contributed by atoms with E-state index in [9.17, 15) is 9.59 Å². The molecular weight excluding hydrogens is 486 g/mol. The van der Waals surface area contributed by atoms with E-state index in [1.165, 1.54) is 11.1 Å². The first-order valence-corrected chi connectivity index (χ1v) is 11.6. The van der Waals surface area contributed by atoms with Crippen LogP contribution in [-0.4, -0.2) is 26.9 Å². The van der Waals surface area contributed by atoms with E-state index in [0.29, 0.717) is 34.3 Å². The summed E-state index contributed by atoms with van der Waals surface area (Å²) >= 11 is 8.83. The van der Waals surface area contributed by atoms with E-state index in [0.717, 1.165) is 23.0 Å². The molecule has 5 nitrogen and oxygen atoms in total. The lowest BCUT2D eigenvalue weighted by Crippen LogP contribution is -2.35. The van der Waals surface area contributed by atoms with E-state index >= 15 is 0 Å². The van der Waals surface area contributed by atoms with Crippen LogP contribution in [0.3, 0.4) is 0 Å². The number of rotatable bonds is 3. The van der Waals surface area contributed by atoms with E-state index < -0.39 is 0 Å². The minimum atomic E-state index is -0.141. The molecule has 3 aromatic carbocycles. The van der Waals surface area contributed by atoms with Gasteiger partial charge in [-0.1, -0.05) is 52.3 Å². The summed E-state index contributed by atoms with van der Waals surface area (Å²) in [7, 11) is 0. The molecule has 0 spiro atoms. The SMILES string of the molecule is O=C(c1ccc(Cn2c(=S)[nH]c3ccc(Br)cc3c2=O)cc1)N1CCc2ccccc2C1. The van der Waals surface area contributed by atoms with Crippen molar-refractivity contribution in [3.8, 4) is 0 Å². The fraction of sp³-hybridized carbons (Fsp3) is 0.160. The van der Waals surface area contributed by atoms with Crippen molar-refractivity contribution in [3.05, 3.63) is 109 Å². The van der Waals surface area contributed by atoms with Crippen molar-refractivity contribution in [1.29, 1.82) is 0 Å². The van der Waals surface area contributed by atoms with E-state index in [2.05, 4.69) is 33.0 Å². The van der Waals surface area contributed by atoms with Gasteiger partial charge in [0.15, 0.2) is 4.77 Å². The maximum Gasteiger partial charge on any atom is 0.262 e. The van der Waals surface area contributed by atoms with E-state index in [1.54, 1.807) is 10.6 Å². The zero-order valence-electron chi connectivity index (χ0n) is 17.2. The third-order valence-corrected chi connectivity index (χ3v) is 6.72. The monoisotopic (exact) mass is 505 g/mol. The second-order valence-electron chi connectivity index (χ2n) is 7.95. The molecule has 0 unspecified atom stereocenters. The quantitative estimate of drug-likeness (QED) is 0.395. The van der Waals surface area contributed by atoms with Crippen molar-refractivity contribution in [2.45, 2.75) is 19.5 Å². The van der Waals surface area contributed by atoms with Gasteiger partial charge >= 0.3 is 0 Å². The van der Waals surface area contributed by atoms with Gasteiger partial charge in [-0.15, -0.1) is 0 Å². The van der Waals surface area contributed by atoms with Crippen LogP contribution in [0.15, 0.2) is 76.0 Å². The summed E-state index contributed by atoms with van der Waals surface area (Å²) in [5.74, 6) is 0.0241. The number of nitrogens with zero attached hydrogens (tertiary/aromatic N) is 2. The molecule has 4 aromatic rings. The number of benzene rings is 3. The number of aromatic nitrogens is 2. The zero-order chi connectivity index (χ0) is 22.2. The normalized spacial score (nSPS) is 13.2. The molecule has 1 aromatic heterocycles. The fourth-order valence-corrected chi connectivity index (χ4v) is 4.77. The molecule has 0 atom stereocenters. The number of nitrogens with one attached hydrogen (secondary N) is 1. The molecule has 2 heterocycles. The van der Waals surface area contributed by atoms with E-state index in [4.69, 9.17) is 12.2 Å². The van der Waals surface area contributed by atoms with Gasteiger partial charge in [0, 0.05) is 23.1 Å². The lowest BCUT2D eigenvalue weighted by molar-refractivity contribution is 0.0734. The van der Waals surface area contributed by atoms with Gasteiger partial charge < -0.3 is 9.88 Å². The molecule has 1 aliphatic rings. The molecule has 0 radical (unpaired) electrons. The van der Waals surface area contributed by atoms with Crippen LogP contribution in [0.25, 0.3) is 10.9 Å². The highest BCUT2D eigenvalue weighted by Gasteiger charge is 2.21. The van der Waals surface area contributed by atoms with Crippen molar-refractivity contribution in [2.75, 3.05) is 6.54 Å². The van der Waals surface area contributed by atoms with Crippen molar-refractivity contribution < 1.29 is 4.79 Å². The minimum absolute atomic E-state index is 0.0241. The lowest BCUT2D eigenvalue weighted by atomic mass is 9.99. The number of amides is 1. The van der Waals surface area contributed by atoms with Gasteiger partial charge in [-0.3, -0.25) is 14.2 Å². The number of carbonyl (C=O) groups excluding carboxylic acids is 1. The Morgan fingerprint density at radius 1 is 1.03 bits per heavy atom. The number of H-pyrrole nitrogens is 1. The minimum Gasteiger partial charge on any atom is -0.334 e. The Morgan fingerprint density at radius 3 is 2.56 bits per heavy atom. The summed E-state index contributed by atoms with van der Waals surface area (Å²) in [4.78, 5) is 31.0. The van der Waals surface area contributed by atoms with Crippen LogP contribution in [0.4, 0.5) is 0 Å². The highest BCUT2D eigenvalue weighted by Crippen LogP contribution is 2.21. The van der Waals surface area contributed by atoms with Gasteiger partial charge in [0.25, 0.3) is 11.5 Å². The second-order valence-corrected chi connectivity index (χ2v) is 9.26. The van der Waals surface area contributed by atoms with Crippen molar-refractivity contribution in [2.24, 2.45) is 0 Å². The number of aromatic amines is 1. The second kappa shape index (κ2) is 8.48. The van der Waals surface area contributed by atoms with Crippen molar-refractivity contribution in [1.82, 2.24) is 14.5 Å². The molecule has 0 bridgehead atoms. The molecule has 0 aliphatic carbocycles. The first-order valence-electron chi connectivity index (χ1n) is 10.4. The zero-order valence-corrected chi connectivity index (χ0v) is 19.6. The molecule has 0 saturated carbocycles. The first kappa shape index (κ1) is 20.8. The predicted molar refractivity (Wildman–Crippen MR) is 132 cm³/mol. The largest absolute Gasteiger partial charge is 0.334 e. The molecule has 160 valence electrons. The smallest absolute Gasteiger partial charge is 0.262 e. The molecule has 5 rings (SSSR count). The summed E-state index contributed by atoms with van der Waals surface area (Å²) in [5, 5.41) is 0.574. The van der Waals surface area contributed by atoms with Crippen LogP contribution in [0.2, 0.25) is 0 Å². The van der Waals surface area contributed by atoms with Crippen molar-refractivity contribution in [3.63, 3.8) is 0 Å². The maximum atomic E-state index is 13.0. The average molecular weight is 506 g/mol. The first-order chi connectivity index (χ1) is 15.5. The Hall–Kier alpha value is -3.03. The molecule has 1 amide bonds. The van der Waals surface area contributed by atoms with Gasteiger partial charge in [0.2, 0.25) is 0 Å². The molecule has 1 aliphatic heterocycles. The van der Waals surface area contributed by atoms with Gasteiger partial charge in [-0.05, 0) is 65.7 Å². The number of hydrogen-bond acceptors (Lipinski definition) is 3. The van der Waals surface area contributed by atoms with E-state index in [-0.39, 0.29) is 11.5 Å². The van der Waals surface area contributed by atoms with Crippen LogP contribution in [-0.2, 0) is 19.5 Å². The number of halogens is 1. The third-order valence-electron chi connectivity index (χ3n) is 5.90. The van der Waals surface area contributed by atoms with Gasteiger partial charge in [0.05, 0.1) is 17.4 Å². The number of hydrogen-bond donors (Lipinski definition) is 1. The summed E-state index contributed by atoms with van der Waals surface area (Å²) in [6.45, 7) is 1.69. The maximum absolute atomic E-state index is 13.0. The summed E-state index contributed by atoms with van der Waals surface area (Å²) in [6, 6.07) is 21.2. The predicted octanol–water partition coefficient (Wildman–Crippen LogP) is 5.07. The molecule has 7 heteroatoms. The average Bonchev–Trinajstić information content (AvgIpc) is 2.82. The Balaban J connectivity index is 1.37. The molecule has 1 N–H and O–H groups in total.